The lowest BCUT2D eigenvalue weighted by Crippen LogP contribution is -2.12. The number of ether oxygens (including phenoxy) is 1. The van der Waals surface area contributed by atoms with Gasteiger partial charge in [-0.1, -0.05) is 6.58 Å². The molecule has 94 valence electrons. The van der Waals surface area contributed by atoms with Crippen LogP contribution < -0.4 is 4.74 Å². The molecule has 0 aliphatic rings. The number of methoxy groups -OCH3 is 1. The van der Waals surface area contributed by atoms with Crippen LogP contribution in [-0.4, -0.2) is 22.2 Å². The van der Waals surface area contributed by atoms with Gasteiger partial charge < -0.3 is 9.84 Å². The van der Waals surface area contributed by atoms with Crippen LogP contribution in [-0.2, 0) is 5.92 Å². The van der Waals surface area contributed by atoms with Gasteiger partial charge in [-0.15, -0.1) is 0 Å². The molecule has 18 heavy (non-hydrogen) atoms. The first-order valence-corrected chi connectivity index (χ1v) is 5.04. The molecule has 0 fully saturated rings. The molecule has 4 nitrogen and oxygen atoms in total. The number of hydrogen-bond acceptors (Lipinski definition) is 4. The Labute approximate surface area is 102 Å². The van der Waals surface area contributed by atoms with Gasteiger partial charge >= 0.3 is 5.92 Å². The summed E-state index contributed by atoms with van der Waals surface area (Å²) in [5.41, 5.74) is -0.307. The van der Waals surface area contributed by atoms with Crippen LogP contribution in [0.25, 0.3) is 11.0 Å². The zero-order valence-electron chi connectivity index (χ0n) is 9.52. The standard InChI is InChI=1S/C12H10F2N2O2/c1-3-12(13,14)10-11(17)16-8-5-4-7(18-2)6-9(8)15-10/h3-6H,1H2,2H3,(H,16,17). The molecule has 2 aromatic rings. The summed E-state index contributed by atoms with van der Waals surface area (Å²) in [5, 5.41) is 9.47. The van der Waals surface area contributed by atoms with E-state index in [2.05, 4.69) is 16.5 Å². The molecule has 0 radical (unpaired) electrons. The van der Waals surface area contributed by atoms with E-state index >= 15 is 0 Å². The number of nitrogens with zero attached hydrogens (tertiary/aromatic N) is 2. The maximum Gasteiger partial charge on any atom is 0.313 e. The van der Waals surface area contributed by atoms with Gasteiger partial charge in [0.25, 0.3) is 0 Å². The number of aromatic hydroxyl groups is 1. The van der Waals surface area contributed by atoms with Crippen molar-refractivity contribution < 1.29 is 18.6 Å². The number of fused-ring (bicyclic) bond motifs is 1. The average Bonchev–Trinajstić information content (AvgIpc) is 2.37. The molecule has 2 rings (SSSR count). The number of aromatic nitrogens is 2. The first-order valence-electron chi connectivity index (χ1n) is 5.04. The van der Waals surface area contributed by atoms with Gasteiger partial charge in [0.05, 0.1) is 18.1 Å². The molecule has 0 bridgehead atoms. The Balaban J connectivity index is 2.69. The highest BCUT2D eigenvalue weighted by atomic mass is 19.3. The summed E-state index contributed by atoms with van der Waals surface area (Å²) in [6.45, 7) is 3.01. The van der Waals surface area contributed by atoms with Gasteiger partial charge in [-0.05, 0) is 18.2 Å². The van der Waals surface area contributed by atoms with Crippen molar-refractivity contribution >= 4 is 11.0 Å². The van der Waals surface area contributed by atoms with Crippen molar-refractivity contribution in [1.29, 1.82) is 0 Å². The molecular formula is C12H10F2N2O2. The monoisotopic (exact) mass is 252 g/mol. The number of benzene rings is 1. The topological polar surface area (TPSA) is 55.2 Å². The van der Waals surface area contributed by atoms with E-state index in [-0.39, 0.29) is 5.52 Å². The van der Waals surface area contributed by atoms with Gasteiger partial charge in [0, 0.05) is 6.07 Å². The lowest BCUT2D eigenvalue weighted by molar-refractivity contribution is 0.0445. The highest BCUT2D eigenvalue weighted by Gasteiger charge is 2.33. The third-order valence-corrected chi connectivity index (χ3v) is 2.43. The smallest absolute Gasteiger partial charge is 0.313 e. The molecule has 0 atom stereocenters. The maximum atomic E-state index is 13.4. The molecule has 0 aliphatic heterocycles. The molecule has 0 amide bonds. The lowest BCUT2D eigenvalue weighted by Gasteiger charge is -2.12. The molecule has 0 aliphatic carbocycles. The Morgan fingerprint density at radius 1 is 1.33 bits per heavy atom. The predicted octanol–water partition coefficient (Wildman–Crippen LogP) is 2.62. The molecule has 1 heterocycles. The summed E-state index contributed by atoms with van der Waals surface area (Å²) in [6, 6.07) is 4.59. The minimum Gasteiger partial charge on any atom is -0.497 e. The second-order valence-corrected chi connectivity index (χ2v) is 3.58. The predicted molar refractivity (Wildman–Crippen MR) is 61.8 cm³/mol. The van der Waals surface area contributed by atoms with Crippen molar-refractivity contribution in [2.24, 2.45) is 0 Å². The Morgan fingerprint density at radius 3 is 2.67 bits per heavy atom. The molecule has 1 aromatic carbocycles. The summed E-state index contributed by atoms with van der Waals surface area (Å²) in [4.78, 5) is 7.39. The first-order chi connectivity index (χ1) is 8.47. The molecule has 6 heteroatoms. The zero-order valence-corrected chi connectivity index (χ0v) is 9.52. The van der Waals surface area contributed by atoms with Crippen LogP contribution in [0.1, 0.15) is 5.69 Å². The number of hydrogen-bond donors (Lipinski definition) is 1. The quantitative estimate of drug-likeness (QED) is 0.853. The van der Waals surface area contributed by atoms with Crippen LogP contribution in [0.2, 0.25) is 0 Å². The summed E-state index contributed by atoms with van der Waals surface area (Å²) in [6.07, 6.45) is 0.405. The fraction of sp³-hybridized carbons (Fsp3) is 0.167. The third kappa shape index (κ3) is 1.97. The molecule has 1 N–H and O–H groups in total. The van der Waals surface area contributed by atoms with Crippen molar-refractivity contribution in [3.05, 3.63) is 36.5 Å². The van der Waals surface area contributed by atoms with Crippen molar-refractivity contribution in [3.63, 3.8) is 0 Å². The average molecular weight is 252 g/mol. The van der Waals surface area contributed by atoms with E-state index in [4.69, 9.17) is 4.74 Å². The highest BCUT2D eigenvalue weighted by molar-refractivity contribution is 5.76. The molecule has 0 spiro atoms. The number of halogens is 2. The van der Waals surface area contributed by atoms with E-state index in [9.17, 15) is 13.9 Å². The zero-order chi connectivity index (χ0) is 13.3. The largest absolute Gasteiger partial charge is 0.497 e. The highest BCUT2D eigenvalue weighted by Crippen LogP contribution is 2.34. The molecule has 0 saturated carbocycles. The first kappa shape index (κ1) is 12.2. The van der Waals surface area contributed by atoms with E-state index < -0.39 is 17.5 Å². The molecule has 0 unspecified atom stereocenters. The lowest BCUT2D eigenvalue weighted by atomic mass is 10.2. The van der Waals surface area contributed by atoms with E-state index in [0.29, 0.717) is 17.3 Å². The molecule has 0 saturated heterocycles. The van der Waals surface area contributed by atoms with E-state index in [0.717, 1.165) is 0 Å². The number of alkyl halides is 2. The Bertz CT molecular complexity index is 614. The minimum absolute atomic E-state index is 0.212. The maximum absolute atomic E-state index is 13.4. The Morgan fingerprint density at radius 2 is 2.06 bits per heavy atom. The summed E-state index contributed by atoms with van der Waals surface area (Å²) in [7, 11) is 1.45. The van der Waals surface area contributed by atoms with Crippen LogP contribution in [0.3, 0.4) is 0 Å². The minimum atomic E-state index is -3.44. The van der Waals surface area contributed by atoms with Crippen molar-refractivity contribution in [2.75, 3.05) is 7.11 Å². The Hall–Kier alpha value is -2.24. The second-order valence-electron chi connectivity index (χ2n) is 3.58. The fourth-order valence-corrected chi connectivity index (χ4v) is 1.47. The Kier molecular flexibility index (Phi) is 2.86. The normalized spacial score (nSPS) is 11.5. The van der Waals surface area contributed by atoms with E-state index in [1.807, 2.05) is 0 Å². The van der Waals surface area contributed by atoms with Gasteiger partial charge in [0.15, 0.2) is 5.69 Å². The second kappa shape index (κ2) is 4.21. The van der Waals surface area contributed by atoms with Crippen LogP contribution in [0, 0.1) is 0 Å². The van der Waals surface area contributed by atoms with Gasteiger partial charge in [-0.3, -0.25) is 0 Å². The summed E-state index contributed by atoms with van der Waals surface area (Å²) < 4.78 is 31.9. The summed E-state index contributed by atoms with van der Waals surface area (Å²) in [5.74, 6) is -3.78. The van der Waals surface area contributed by atoms with Gasteiger partial charge in [0.2, 0.25) is 5.88 Å². The van der Waals surface area contributed by atoms with Crippen LogP contribution >= 0.6 is 0 Å². The van der Waals surface area contributed by atoms with Crippen molar-refractivity contribution in [2.45, 2.75) is 5.92 Å². The molecular weight excluding hydrogens is 242 g/mol. The number of allylic oxidation sites excluding steroid dienone is 1. The summed E-state index contributed by atoms with van der Waals surface area (Å²) >= 11 is 0. The van der Waals surface area contributed by atoms with Crippen LogP contribution in [0.15, 0.2) is 30.9 Å². The SMILES string of the molecule is C=CC(F)(F)c1nc2cc(OC)ccc2nc1O. The van der Waals surface area contributed by atoms with Crippen LogP contribution in [0.5, 0.6) is 11.6 Å². The van der Waals surface area contributed by atoms with Gasteiger partial charge in [-0.2, -0.15) is 8.78 Å². The van der Waals surface area contributed by atoms with Gasteiger partial charge in [-0.25, -0.2) is 9.97 Å². The van der Waals surface area contributed by atoms with E-state index in [1.54, 1.807) is 6.07 Å². The third-order valence-electron chi connectivity index (χ3n) is 2.43. The van der Waals surface area contributed by atoms with Crippen molar-refractivity contribution in [3.8, 4) is 11.6 Å². The van der Waals surface area contributed by atoms with Crippen molar-refractivity contribution in [1.82, 2.24) is 9.97 Å². The number of rotatable bonds is 3. The van der Waals surface area contributed by atoms with Gasteiger partial charge in [0.1, 0.15) is 5.75 Å². The fourth-order valence-electron chi connectivity index (χ4n) is 1.47. The van der Waals surface area contributed by atoms with E-state index in [1.165, 1.54) is 19.2 Å². The molecule has 1 aromatic heterocycles. The van der Waals surface area contributed by atoms with Crippen LogP contribution in [0.4, 0.5) is 8.78 Å².